The molecule has 2 unspecified atom stereocenters. The van der Waals surface area contributed by atoms with Gasteiger partial charge in [0.2, 0.25) is 0 Å². The van der Waals surface area contributed by atoms with E-state index >= 15 is 0 Å². The van der Waals surface area contributed by atoms with Crippen molar-refractivity contribution in [3.8, 4) is 0 Å². The van der Waals surface area contributed by atoms with Crippen LogP contribution in [0.3, 0.4) is 0 Å². The van der Waals surface area contributed by atoms with Crippen molar-refractivity contribution >= 4 is 15.9 Å². The summed E-state index contributed by atoms with van der Waals surface area (Å²) in [6, 6.07) is 5.30. The average Bonchev–Trinajstić information content (AvgIpc) is 2.53. The Kier molecular flexibility index (Phi) is 3.62. The molecule has 2 rings (SSSR count). The first kappa shape index (κ1) is 12.0. The highest BCUT2D eigenvalue weighted by molar-refractivity contribution is 9.10. The molecule has 2 N–H and O–H groups in total. The van der Waals surface area contributed by atoms with Crippen molar-refractivity contribution in [2.45, 2.75) is 19.5 Å². The van der Waals surface area contributed by atoms with Crippen molar-refractivity contribution in [3.05, 3.63) is 34.1 Å². The molecule has 0 amide bonds. The fourth-order valence-electron chi connectivity index (χ4n) is 2.13. The normalized spacial score (nSPS) is 26.2. The third kappa shape index (κ3) is 2.44. The number of halogens is 2. The van der Waals surface area contributed by atoms with Gasteiger partial charge in [-0.15, -0.1) is 0 Å². The minimum atomic E-state index is -0.150. The topological polar surface area (TPSA) is 29.3 Å². The lowest BCUT2D eigenvalue weighted by Crippen LogP contribution is -2.28. The summed E-state index contributed by atoms with van der Waals surface area (Å²) in [5.74, 6) is 0.341. The fourth-order valence-corrected chi connectivity index (χ4v) is 2.60. The summed E-state index contributed by atoms with van der Waals surface area (Å²) in [5, 5.41) is 0. The van der Waals surface area contributed by atoms with Gasteiger partial charge in [0.1, 0.15) is 5.82 Å². The first-order valence-electron chi connectivity index (χ1n) is 5.48. The smallest absolute Gasteiger partial charge is 0.128 e. The summed E-state index contributed by atoms with van der Waals surface area (Å²) in [7, 11) is 0. The largest absolute Gasteiger partial charge is 0.326 e. The number of hydrogen-bond donors (Lipinski definition) is 1. The molecule has 0 bridgehead atoms. The van der Waals surface area contributed by atoms with Crippen LogP contribution in [0.5, 0.6) is 0 Å². The number of nitrogens with zero attached hydrogens (tertiary/aromatic N) is 1. The van der Waals surface area contributed by atoms with Gasteiger partial charge in [0.05, 0.1) is 0 Å². The third-order valence-corrected chi connectivity index (χ3v) is 3.93. The summed E-state index contributed by atoms with van der Waals surface area (Å²) in [4.78, 5) is 2.21. The zero-order valence-corrected chi connectivity index (χ0v) is 10.9. The van der Waals surface area contributed by atoms with E-state index in [1.165, 1.54) is 6.07 Å². The molecule has 1 aromatic carbocycles. The maximum atomic E-state index is 13.6. The molecule has 0 aliphatic carbocycles. The molecular weight excluding hydrogens is 271 g/mol. The summed E-state index contributed by atoms with van der Waals surface area (Å²) >= 11 is 3.39. The van der Waals surface area contributed by atoms with E-state index in [1.54, 1.807) is 6.07 Å². The minimum absolute atomic E-state index is 0.150. The van der Waals surface area contributed by atoms with Gasteiger partial charge < -0.3 is 5.73 Å². The lowest BCUT2D eigenvalue weighted by atomic mass is 10.1. The lowest BCUT2D eigenvalue weighted by molar-refractivity contribution is 0.313. The van der Waals surface area contributed by atoms with Crippen LogP contribution in [-0.4, -0.2) is 24.0 Å². The zero-order chi connectivity index (χ0) is 11.7. The molecule has 1 saturated heterocycles. The van der Waals surface area contributed by atoms with Gasteiger partial charge in [0.25, 0.3) is 0 Å². The van der Waals surface area contributed by atoms with E-state index in [9.17, 15) is 4.39 Å². The summed E-state index contributed by atoms with van der Waals surface area (Å²) in [6.45, 7) is 4.57. The molecule has 88 valence electrons. The highest BCUT2D eigenvalue weighted by atomic mass is 79.9. The second kappa shape index (κ2) is 4.82. The van der Waals surface area contributed by atoms with Gasteiger partial charge in [-0.25, -0.2) is 4.39 Å². The van der Waals surface area contributed by atoms with Gasteiger partial charge in [0, 0.05) is 35.7 Å². The van der Waals surface area contributed by atoms with Gasteiger partial charge in [0.15, 0.2) is 0 Å². The molecule has 1 aliphatic rings. The molecule has 1 aromatic rings. The summed E-state index contributed by atoms with van der Waals surface area (Å²) in [6.07, 6.45) is 0. The van der Waals surface area contributed by atoms with Crippen LogP contribution in [0.15, 0.2) is 22.7 Å². The van der Waals surface area contributed by atoms with E-state index in [-0.39, 0.29) is 11.9 Å². The highest BCUT2D eigenvalue weighted by Gasteiger charge is 2.27. The van der Waals surface area contributed by atoms with Gasteiger partial charge in [-0.05, 0) is 18.1 Å². The Morgan fingerprint density at radius 1 is 1.50 bits per heavy atom. The molecule has 0 aromatic heterocycles. The second-order valence-corrected chi connectivity index (χ2v) is 5.39. The van der Waals surface area contributed by atoms with Gasteiger partial charge in [-0.1, -0.05) is 28.9 Å². The number of rotatable bonds is 2. The van der Waals surface area contributed by atoms with Crippen molar-refractivity contribution in [1.29, 1.82) is 0 Å². The van der Waals surface area contributed by atoms with Gasteiger partial charge in [-0.3, -0.25) is 4.90 Å². The first-order chi connectivity index (χ1) is 7.58. The molecular formula is C12H16BrFN2. The van der Waals surface area contributed by atoms with Crippen molar-refractivity contribution in [3.63, 3.8) is 0 Å². The maximum Gasteiger partial charge on any atom is 0.128 e. The number of likely N-dealkylation sites (tertiary alicyclic amines) is 1. The van der Waals surface area contributed by atoms with Crippen molar-refractivity contribution in [2.75, 3.05) is 13.1 Å². The Morgan fingerprint density at radius 3 is 2.81 bits per heavy atom. The number of hydrogen-bond acceptors (Lipinski definition) is 2. The van der Waals surface area contributed by atoms with Crippen LogP contribution in [0.25, 0.3) is 0 Å². The Labute approximate surface area is 104 Å². The molecule has 1 aliphatic heterocycles. The molecule has 0 radical (unpaired) electrons. The van der Waals surface area contributed by atoms with Crippen LogP contribution in [0.4, 0.5) is 4.39 Å². The van der Waals surface area contributed by atoms with E-state index < -0.39 is 0 Å². The summed E-state index contributed by atoms with van der Waals surface area (Å²) < 4.78 is 14.4. The van der Waals surface area contributed by atoms with E-state index in [1.807, 2.05) is 6.07 Å². The Morgan fingerprint density at radius 2 is 2.25 bits per heavy atom. The van der Waals surface area contributed by atoms with Crippen LogP contribution in [-0.2, 0) is 6.54 Å². The average molecular weight is 287 g/mol. The second-order valence-electron chi connectivity index (χ2n) is 4.54. The molecule has 1 fully saturated rings. The molecule has 0 saturated carbocycles. The molecule has 2 nitrogen and oxygen atoms in total. The van der Waals surface area contributed by atoms with E-state index in [0.29, 0.717) is 12.5 Å². The molecule has 4 heteroatoms. The van der Waals surface area contributed by atoms with Gasteiger partial charge in [-0.2, -0.15) is 0 Å². The predicted molar refractivity (Wildman–Crippen MR) is 66.5 cm³/mol. The maximum absolute atomic E-state index is 13.6. The molecule has 1 heterocycles. The SMILES string of the molecule is CC1CN(Cc2c(F)cccc2Br)CC1N. The molecule has 16 heavy (non-hydrogen) atoms. The number of nitrogens with two attached hydrogens (primary N) is 1. The van der Waals surface area contributed by atoms with Crippen LogP contribution in [0.1, 0.15) is 12.5 Å². The number of benzene rings is 1. The summed E-state index contributed by atoms with van der Waals surface area (Å²) in [5.41, 5.74) is 6.68. The molecule has 0 spiro atoms. The van der Waals surface area contributed by atoms with Gasteiger partial charge >= 0.3 is 0 Å². The Hall–Kier alpha value is -0.450. The van der Waals surface area contributed by atoms with Crippen LogP contribution >= 0.6 is 15.9 Å². The van der Waals surface area contributed by atoms with E-state index in [2.05, 4.69) is 27.8 Å². The van der Waals surface area contributed by atoms with Crippen LogP contribution < -0.4 is 5.73 Å². The predicted octanol–water partition coefficient (Wildman–Crippen LogP) is 2.37. The molecule has 2 atom stereocenters. The zero-order valence-electron chi connectivity index (χ0n) is 9.29. The Balaban J connectivity index is 2.10. The van der Waals surface area contributed by atoms with Crippen molar-refractivity contribution in [2.24, 2.45) is 11.7 Å². The van der Waals surface area contributed by atoms with Crippen LogP contribution in [0.2, 0.25) is 0 Å². The lowest BCUT2D eigenvalue weighted by Gasteiger charge is -2.16. The minimum Gasteiger partial charge on any atom is -0.326 e. The quantitative estimate of drug-likeness (QED) is 0.905. The van der Waals surface area contributed by atoms with Crippen molar-refractivity contribution in [1.82, 2.24) is 4.90 Å². The first-order valence-corrected chi connectivity index (χ1v) is 6.28. The van der Waals surface area contributed by atoms with Crippen molar-refractivity contribution < 1.29 is 4.39 Å². The van der Waals surface area contributed by atoms with E-state index in [0.717, 1.165) is 23.1 Å². The fraction of sp³-hybridized carbons (Fsp3) is 0.500. The van der Waals surface area contributed by atoms with E-state index in [4.69, 9.17) is 5.73 Å². The standard InChI is InChI=1S/C12H16BrFN2/c1-8-5-16(7-12(8)15)6-9-10(13)3-2-4-11(9)14/h2-4,8,12H,5-7,15H2,1H3. The van der Waals surface area contributed by atoms with Crippen LogP contribution in [0, 0.1) is 11.7 Å². The highest BCUT2D eigenvalue weighted by Crippen LogP contribution is 2.24. The monoisotopic (exact) mass is 286 g/mol. The third-order valence-electron chi connectivity index (χ3n) is 3.19. The Bertz CT molecular complexity index is 353.